The summed E-state index contributed by atoms with van der Waals surface area (Å²) in [6.07, 6.45) is 2.03. The Balaban J connectivity index is 1.83. The van der Waals surface area contributed by atoms with Gasteiger partial charge in [-0.15, -0.1) is 0 Å². The molecule has 25 heavy (non-hydrogen) atoms. The lowest BCUT2D eigenvalue weighted by Crippen LogP contribution is -2.17. The van der Waals surface area contributed by atoms with Gasteiger partial charge in [-0.1, -0.05) is 15.9 Å². The average Bonchev–Trinajstić information content (AvgIpc) is 2.95. The van der Waals surface area contributed by atoms with Gasteiger partial charge in [-0.05, 0) is 62.6 Å². The highest BCUT2D eigenvalue weighted by Crippen LogP contribution is 2.23. The molecule has 132 valence electrons. The second-order valence-electron chi connectivity index (χ2n) is 6.15. The number of benzene rings is 2. The molecular weight excluding hydrogens is 402 g/mol. The molecule has 0 amide bonds. The van der Waals surface area contributed by atoms with Crippen LogP contribution in [0.3, 0.4) is 0 Å². The van der Waals surface area contributed by atoms with Gasteiger partial charge in [0.15, 0.2) is 0 Å². The van der Waals surface area contributed by atoms with Crippen LogP contribution in [0.15, 0.2) is 64.1 Å². The number of fused-ring (bicyclic) bond motifs is 1. The van der Waals surface area contributed by atoms with Crippen LogP contribution in [-0.2, 0) is 16.6 Å². The quantitative estimate of drug-likeness (QED) is 0.658. The van der Waals surface area contributed by atoms with Crippen molar-refractivity contribution in [2.75, 3.05) is 25.4 Å². The molecule has 2 aromatic carbocycles. The van der Waals surface area contributed by atoms with Crippen molar-refractivity contribution >= 4 is 42.5 Å². The lowest BCUT2D eigenvalue weighted by molar-refractivity contribution is 0.387. The minimum atomic E-state index is -3.60. The average molecular weight is 422 g/mol. The van der Waals surface area contributed by atoms with Crippen LogP contribution in [0.4, 0.5) is 5.69 Å². The van der Waals surface area contributed by atoms with Crippen molar-refractivity contribution in [3.05, 3.63) is 59.2 Å². The molecule has 0 spiro atoms. The fourth-order valence-electron chi connectivity index (χ4n) is 2.59. The highest BCUT2D eigenvalue weighted by Gasteiger charge is 2.14. The zero-order valence-corrected chi connectivity index (χ0v) is 16.5. The van der Waals surface area contributed by atoms with Crippen molar-refractivity contribution in [1.29, 1.82) is 0 Å². The van der Waals surface area contributed by atoms with Crippen LogP contribution >= 0.6 is 15.9 Å². The Labute approximate surface area is 156 Å². The lowest BCUT2D eigenvalue weighted by atomic mass is 10.2. The van der Waals surface area contributed by atoms with Crippen molar-refractivity contribution in [1.82, 2.24) is 9.47 Å². The van der Waals surface area contributed by atoms with E-state index < -0.39 is 10.0 Å². The molecule has 0 fully saturated rings. The second kappa shape index (κ2) is 7.19. The third-order valence-electron chi connectivity index (χ3n) is 3.94. The number of likely N-dealkylation sites (N-methyl/N-ethyl adjacent to an activating group) is 1. The van der Waals surface area contributed by atoms with E-state index in [1.165, 1.54) is 0 Å². The number of rotatable bonds is 6. The second-order valence-corrected chi connectivity index (χ2v) is 8.74. The molecular formula is C18H20BrN3O2S. The highest BCUT2D eigenvalue weighted by atomic mass is 79.9. The van der Waals surface area contributed by atoms with E-state index in [1.54, 1.807) is 30.3 Å². The van der Waals surface area contributed by atoms with Crippen LogP contribution < -0.4 is 4.72 Å². The van der Waals surface area contributed by atoms with Crippen LogP contribution in [0.1, 0.15) is 0 Å². The molecule has 3 aromatic rings. The number of nitrogens with zero attached hydrogens (tertiary/aromatic N) is 2. The van der Waals surface area contributed by atoms with Crippen molar-refractivity contribution in [2.24, 2.45) is 0 Å². The first-order valence-corrected chi connectivity index (χ1v) is 10.1. The molecule has 3 rings (SSSR count). The van der Waals surface area contributed by atoms with Crippen LogP contribution in [0.25, 0.3) is 10.9 Å². The first-order chi connectivity index (χ1) is 11.8. The Hall–Kier alpha value is -1.83. The molecule has 0 saturated carbocycles. The Morgan fingerprint density at radius 1 is 1.08 bits per heavy atom. The van der Waals surface area contributed by atoms with E-state index in [1.807, 2.05) is 38.5 Å². The first kappa shape index (κ1) is 18.0. The zero-order valence-electron chi connectivity index (χ0n) is 14.1. The molecule has 0 unspecified atom stereocenters. The Morgan fingerprint density at radius 2 is 1.80 bits per heavy atom. The molecule has 5 nitrogen and oxygen atoms in total. The summed E-state index contributed by atoms with van der Waals surface area (Å²) in [5, 5.41) is 1.01. The van der Waals surface area contributed by atoms with Gasteiger partial charge >= 0.3 is 0 Å². The van der Waals surface area contributed by atoms with Crippen molar-refractivity contribution in [3.8, 4) is 0 Å². The van der Waals surface area contributed by atoms with Gasteiger partial charge < -0.3 is 9.47 Å². The van der Waals surface area contributed by atoms with E-state index in [9.17, 15) is 8.42 Å². The lowest BCUT2D eigenvalue weighted by Gasteiger charge is -2.12. The molecule has 0 radical (unpaired) electrons. The molecule has 0 saturated heterocycles. The number of halogens is 1. The Morgan fingerprint density at radius 3 is 2.48 bits per heavy atom. The summed E-state index contributed by atoms with van der Waals surface area (Å²) in [6.45, 7) is 1.84. The summed E-state index contributed by atoms with van der Waals surface area (Å²) >= 11 is 3.31. The number of hydrogen-bond acceptors (Lipinski definition) is 3. The maximum Gasteiger partial charge on any atom is 0.261 e. The molecule has 1 N–H and O–H groups in total. The molecule has 7 heteroatoms. The maximum atomic E-state index is 12.5. The van der Waals surface area contributed by atoms with E-state index in [0.29, 0.717) is 5.69 Å². The topological polar surface area (TPSA) is 54.3 Å². The summed E-state index contributed by atoms with van der Waals surface area (Å²) in [4.78, 5) is 2.37. The first-order valence-electron chi connectivity index (χ1n) is 7.87. The van der Waals surface area contributed by atoms with Gasteiger partial charge in [0.2, 0.25) is 0 Å². The van der Waals surface area contributed by atoms with Crippen molar-refractivity contribution < 1.29 is 8.42 Å². The number of anilines is 1. The van der Waals surface area contributed by atoms with Gasteiger partial charge in [-0.3, -0.25) is 4.72 Å². The molecule has 1 aromatic heterocycles. The van der Waals surface area contributed by atoms with Crippen molar-refractivity contribution in [3.63, 3.8) is 0 Å². The normalized spacial score (nSPS) is 12.0. The Bertz CT molecular complexity index is 979. The van der Waals surface area contributed by atoms with Gasteiger partial charge in [0.05, 0.1) is 4.90 Å². The number of aromatic nitrogens is 1. The van der Waals surface area contributed by atoms with Gasteiger partial charge in [-0.25, -0.2) is 8.42 Å². The largest absolute Gasteiger partial charge is 0.346 e. The van der Waals surface area contributed by atoms with E-state index in [-0.39, 0.29) is 4.90 Å². The SMILES string of the molecule is CN(C)CCn1ccc2cc(NS(=O)(=O)c3ccc(Br)cc3)ccc21. The van der Waals surface area contributed by atoms with E-state index >= 15 is 0 Å². The predicted octanol–water partition coefficient (Wildman–Crippen LogP) is 3.77. The summed E-state index contributed by atoms with van der Waals surface area (Å²) in [5.41, 5.74) is 1.65. The molecule has 1 heterocycles. The van der Waals surface area contributed by atoms with Crippen LogP contribution in [0.2, 0.25) is 0 Å². The molecule has 0 atom stereocenters. The van der Waals surface area contributed by atoms with E-state index in [0.717, 1.165) is 28.5 Å². The van der Waals surface area contributed by atoms with E-state index in [2.05, 4.69) is 30.1 Å². The minimum Gasteiger partial charge on any atom is -0.346 e. The maximum absolute atomic E-state index is 12.5. The standard InChI is InChI=1S/C18H20BrN3O2S/c1-21(2)11-12-22-10-9-14-13-16(5-8-18(14)22)20-25(23,24)17-6-3-15(19)4-7-17/h3-10,13,20H,11-12H2,1-2H3. The number of sulfonamides is 1. The van der Waals surface area contributed by atoms with Gasteiger partial charge in [-0.2, -0.15) is 0 Å². The third kappa shape index (κ3) is 4.23. The number of hydrogen-bond donors (Lipinski definition) is 1. The summed E-state index contributed by atoms with van der Waals surface area (Å²) < 4.78 is 30.6. The smallest absolute Gasteiger partial charge is 0.261 e. The van der Waals surface area contributed by atoms with Crippen molar-refractivity contribution in [2.45, 2.75) is 11.4 Å². The fraction of sp³-hybridized carbons (Fsp3) is 0.222. The predicted molar refractivity (Wildman–Crippen MR) is 105 cm³/mol. The summed E-state index contributed by atoms with van der Waals surface area (Å²) in [7, 11) is 0.487. The molecule has 0 aliphatic heterocycles. The van der Waals surface area contributed by atoms with E-state index in [4.69, 9.17) is 0 Å². The van der Waals surface area contributed by atoms with Crippen LogP contribution in [0, 0.1) is 0 Å². The fourth-order valence-corrected chi connectivity index (χ4v) is 3.91. The Kier molecular flexibility index (Phi) is 5.17. The zero-order chi connectivity index (χ0) is 18.0. The monoisotopic (exact) mass is 421 g/mol. The van der Waals surface area contributed by atoms with Gasteiger partial charge in [0, 0.05) is 40.3 Å². The van der Waals surface area contributed by atoms with Crippen LogP contribution in [0.5, 0.6) is 0 Å². The molecule has 0 aliphatic carbocycles. The third-order valence-corrected chi connectivity index (χ3v) is 5.86. The number of nitrogens with one attached hydrogen (secondary N) is 1. The van der Waals surface area contributed by atoms with Crippen LogP contribution in [-0.4, -0.2) is 38.5 Å². The summed E-state index contributed by atoms with van der Waals surface area (Å²) in [6, 6.07) is 14.2. The van der Waals surface area contributed by atoms with Gasteiger partial charge in [0.25, 0.3) is 10.0 Å². The molecule has 0 bridgehead atoms. The minimum absolute atomic E-state index is 0.236. The van der Waals surface area contributed by atoms with Gasteiger partial charge in [0.1, 0.15) is 0 Å². The highest BCUT2D eigenvalue weighted by molar-refractivity contribution is 9.10. The summed E-state index contributed by atoms with van der Waals surface area (Å²) in [5.74, 6) is 0. The molecule has 0 aliphatic rings.